The van der Waals surface area contributed by atoms with Crippen molar-refractivity contribution in [3.8, 4) is 34.0 Å². The van der Waals surface area contributed by atoms with Crippen LogP contribution in [0.5, 0.6) is 11.6 Å². The largest absolute Gasteiger partial charge is 0.534 e. The SMILES string of the molecule is CC(C)Oc1cc(F)cc(F)c1-c1c(-c2cnn([C@H]3CCN(C(=O)OC(C)(C)C)C3)c2)nc(OS(=O)(=O)C(F)(F)F)c2ccsc12. The van der Waals surface area contributed by atoms with Crippen molar-refractivity contribution in [1.29, 1.82) is 0 Å². The van der Waals surface area contributed by atoms with E-state index < -0.39 is 50.9 Å². The molecule has 1 amide bonds. The molecule has 0 saturated carbocycles. The number of benzene rings is 1. The zero-order valence-corrected chi connectivity index (χ0v) is 26.8. The first-order valence-corrected chi connectivity index (χ1v) is 16.2. The lowest BCUT2D eigenvalue weighted by molar-refractivity contribution is -0.0500. The zero-order valence-electron chi connectivity index (χ0n) is 25.2. The number of nitrogens with zero attached hydrogens (tertiary/aromatic N) is 4. The zero-order chi connectivity index (χ0) is 33.8. The first-order chi connectivity index (χ1) is 21.3. The fourth-order valence-corrected chi connectivity index (χ4v) is 6.27. The molecule has 0 aliphatic carbocycles. The van der Waals surface area contributed by atoms with Crippen LogP contribution >= 0.6 is 11.3 Å². The van der Waals surface area contributed by atoms with Gasteiger partial charge in [-0.25, -0.2) is 18.6 Å². The van der Waals surface area contributed by atoms with Gasteiger partial charge < -0.3 is 18.6 Å². The number of amides is 1. The number of rotatable bonds is 7. The quantitative estimate of drug-likeness (QED) is 0.113. The van der Waals surface area contributed by atoms with Gasteiger partial charge in [0.2, 0.25) is 5.88 Å². The van der Waals surface area contributed by atoms with Gasteiger partial charge in [-0.3, -0.25) is 4.68 Å². The first-order valence-electron chi connectivity index (χ1n) is 13.9. The Bertz CT molecular complexity index is 1900. The van der Waals surface area contributed by atoms with Crippen LogP contribution in [0.2, 0.25) is 0 Å². The van der Waals surface area contributed by atoms with Gasteiger partial charge in [0.15, 0.2) is 0 Å². The molecule has 3 aromatic heterocycles. The lowest BCUT2D eigenvalue weighted by Crippen LogP contribution is -2.35. The number of fused-ring (bicyclic) bond motifs is 1. The predicted molar refractivity (Wildman–Crippen MR) is 159 cm³/mol. The highest BCUT2D eigenvalue weighted by Gasteiger charge is 2.49. The topological polar surface area (TPSA) is 113 Å². The molecule has 1 saturated heterocycles. The molecule has 4 aromatic rings. The van der Waals surface area contributed by atoms with Crippen molar-refractivity contribution in [3.05, 3.63) is 47.6 Å². The lowest BCUT2D eigenvalue weighted by atomic mass is 9.98. The van der Waals surface area contributed by atoms with E-state index >= 15 is 4.39 Å². The maximum atomic E-state index is 15.7. The highest BCUT2D eigenvalue weighted by Crippen LogP contribution is 2.48. The first kappa shape index (κ1) is 33.4. The number of aromatic nitrogens is 3. The molecule has 1 atom stereocenters. The number of thiophene rings is 1. The lowest BCUT2D eigenvalue weighted by Gasteiger charge is -2.24. The maximum absolute atomic E-state index is 15.7. The third-order valence-electron chi connectivity index (χ3n) is 6.74. The van der Waals surface area contributed by atoms with Crippen molar-refractivity contribution < 1.29 is 48.8 Å². The summed E-state index contributed by atoms with van der Waals surface area (Å²) in [6, 6.07) is 2.53. The van der Waals surface area contributed by atoms with E-state index in [0.717, 1.165) is 17.4 Å². The molecular weight excluding hydrogens is 659 g/mol. The van der Waals surface area contributed by atoms with Gasteiger partial charge in [0.25, 0.3) is 0 Å². The molecule has 0 radical (unpaired) electrons. The fourth-order valence-electron chi connectivity index (χ4n) is 4.90. The van der Waals surface area contributed by atoms with Crippen molar-refractivity contribution in [2.75, 3.05) is 13.1 Å². The van der Waals surface area contributed by atoms with Crippen LogP contribution in [0.1, 0.15) is 47.1 Å². The summed E-state index contributed by atoms with van der Waals surface area (Å²) in [5.74, 6) is -3.10. The van der Waals surface area contributed by atoms with Crippen molar-refractivity contribution in [3.63, 3.8) is 0 Å². The van der Waals surface area contributed by atoms with E-state index in [-0.39, 0.29) is 50.8 Å². The van der Waals surface area contributed by atoms with Gasteiger partial charge in [-0.2, -0.15) is 26.7 Å². The smallest absolute Gasteiger partial charge is 0.490 e. The normalized spacial score (nSPS) is 16.0. The molecule has 5 rings (SSSR count). The Labute approximate surface area is 264 Å². The van der Waals surface area contributed by atoms with Crippen LogP contribution in [0, 0.1) is 11.6 Å². The van der Waals surface area contributed by atoms with Crippen molar-refractivity contribution in [2.24, 2.45) is 0 Å². The number of ether oxygens (including phenoxy) is 2. The molecular formula is C29H29F5N4O6S2. The molecule has 1 aromatic carbocycles. The Morgan fingerprint density at radius 1 is 1.13 bits per heavy atom. The van der Waals surface area contributed by atoms with Crippen LogP contribution in [0.25, 0.3) is 32.5 Å². The van der Waals surface area contributed by atoms with Crippen LogP contribution in [0.15, 0.2) is 36.0 Å². The molecule has 17 heteroatoms. The summed E-state index contributed by atoms with van der Waals surface area (Å²) in [4.78, 5) is 18.3. The van der Waals surface area contributed by atoms with E-state index in [9.17, 15) is 30.8 Å². The molecule has 248 valence electrons. The molecule has 0 unspecified atom stereocenters. The van der Waals surface area contributed by atoms with E-state index in [1.807, 2.05) is 0 Å². The number of halogens is 5. The second-order valence-electron chi connectivity index (χ2n) is 11.8. The van der Waals surface area contributed by atoms with E-state index in [1.165, 1.54) is 33.4 Å². The Morgan fingerprint density at radius 2 is 1.85 bits per heavy atom. The molecule has 46 heavy (non-hydrogen) atoms. The van der Waals surface area contributed by atoms with Crippen LogP contribution in [0.4, 0.5) is 26.7 Å². The van der Waals surface area contributed by atoms with Gasteiger partial charge in [-0.15, -0.1) is 11.3 Å². The summed E-state index contributed by atoms with van der Waals surface area (Å²) >= 11 is 0.948. The summed E-state index contributed by atoms with van der Waals surface area (Å²) in [5.41, 5.74) is -6.77. The molecule has 1 aliphatic heterocycles. The van der Waals surface area contributed by atoms with Gasteiger partial charge in [0.1, 0.15) is 23.0 Å². The van der Waals surface area contributed by atoms with Crippen LogP contribution in [-0.4, -0.2) is 64.5 Å². The molecule has 0 N–H and O–H groups in total. The molecule has 1 aliphatic rings. The summed E-state index contributed by atoms with van der Waals surface area (Å²) in [7, 11) is -6.15. The Balaban J connectivity index is 1.67. The summed E-state index contributed by atoms with van der Waals surface area (Å²) in [5, 5.41) is 5.65. The second-order valence-corrected chi connectivity index (χ2v) is 14.2. The van der Waals surface area contributed by atoms with E-state index in [0.29, 0.717) is 19.0 Å². The van der Waals surface area contributed by atoms with Crippen LogP contribution < -0.4 is 8.92 Å². The summed E-state index contributed by atoms with van der Waals surface area (Å²) in [6.45, 7) is 9.10. The molecule has 0 spiro atoms. The minimum Gasteiger partial charge on any atom is -0.490 e. The van der Waals surface area contributed by atoms with Gasteiger partial charge in [0, 0.05) is 47.2 Å². The third kappa shape index (κ3) is 6.74. The van der Waals surface area contributed by atoms with Gasteiger partial charge in [-0.05, 0) is 52.5 Å². The third-order valence-corrected chi connectivity index (χ3v) is 8.62. The minimum atomic E-state index is -6.15. The Morgan fingerprint density at radius 3 is 2.50 bits per heavy atom. The second kappa shape index (κ2) is 12.0. The number of hydrogen-bond donors (Lipinski definition) is 0. The summed E-state index contributed by atoms with van der Waals surface area (Å²) < 4.78 is 112. The highest BCUT2D eigenvalue weighted by molar-refractivity contribution is 7.88. The maximum Gasteiger partial charge on any atom is 0.534 e. The van der Waals surface area contributed by atoms with Gasteiger partial charge in [-0.1, -0.05) is 0 Å². The monoisotopic (exact) mass is 688 g/mol. The van der Waals surface area contributed by atoms with Crippen molar-refractivity contribution >= 4 is 37.6 Å². The molecule has 0 bridgehead atoms. The fraction of sp³-hybridized carbons (Fsp3) is 0.414. The Hall–Kier alpha value is -3.99. The van der Waals surface area contributed by atoms with E-state index in [1.54, 1.807) is 34.6 Å². The van der Waals surface area contributed by atoms with Gasteiger partial charge in [0.05, 0.1) is 35.0 Å². The number of carbonyl (C=O) groups is 1. The molecule has 1 fully saturated rings. The minimum absolute atomic E-state index is 0.00346. The van der Waals surface area contributed by atoms with Crippen molar-refractivity contribution in [1.82, 2.24) is 19.7 Å². The molecule has 4 heterocycles. The highest BCUT2D eigenvalue weighted by atomic mass is 32.2. The summed E-state index contributed by atoms with van der Waals surface area (Å²) in [6.07, 6.45) is 2.25. The average Bonchev–Trinajstić information content (AvgIpc) is 3.67. The number of carbonyl (C=O) groups excluding carboxylic acids is 1. The Kier molecular flexibility index (Phi) is 8.70. The van der Waals surface area contributed by atoms with E-state index in [2.05, 4.69) is 14.3 Å². The number of hydrogen-bond acceptors (Lipinski definition) is 9. The van der Waals surface area contributed by atoms with E-state index in [4.69, 9.17) is 9.47 Å². The van der Waals surface area contributed by atoms with Gasteiger partial charge >= 0.3 is 21.7 Å². The molecule has 10 nitrogen and oxygen atoms in total. The standard InChI is InChI=1S/C29H29F5N4O6S2/c1-15(2)42-21-11-17(30)10-20(31)22(21)23-24(36-26(19-7-9-45-25(19)23)44-46(40,41)29(32,33)34)16-12-35-38(13-16)18-6-8-37(14-18)27(39)43-28(3,4)5/h7,9-13,15,18H,6,8,14H2,1-5H3/t18-/m0/s1. The number of likely N-dealkylation sites (tertiary alicyclic amines) is 1. The number of pyridine rings is 1. The van der Waals surface area contributed by atoms with Crippen LogP contribution in [-0.2, 0) is 14.9 Å². The van der Waals surface area contributed by atoms with Crippen molar-refractivity contribution in [2.45, 2.75) is 64.3 Å². The number of alkyl halides is 3. The predicted octanol–water partition coefficient (Wildman–Crippen LogP) is 7.30. The van der Waals surface area contributed by atoms with Crippen LogP contribution in [0.3, 0.4) is 0 Å². The average molecular weight is 689 g/mol.